The van der Waals surface area contributed by atoms with Crippen LogP contribution in [0.15, 0.2) is 36.7 Å². The van der Waals surface area contributed by atoms with Gasteiger partial charge in [0.1, 0.15) is 54.5 Å². The fourth-order valence-electron chi connectivity index (χ4n) is 12.3. The van der Waals surface area contributed by atoms with Crippen LogP contribution in [0.25, 0.3) is 5.69 Å². The summed E-state index contributed by atoms with van der Waals surface area (Å²) in [4.78, 5) is 18.8. The molecular formula is C54H87FN8O14. The Morgan fingerprint density at radius 2 is 1.58 bits per heavy atom. The van der Waals surface area contributed by atoms with Crippen LogP contribution in [-0.4, -0.2) is 210 Å². The van der Waals surface area contributed by atoms with Gasteiger partial charge in [-0.15, -0.1) is 10.2 Å². The highest BCUT2D eigenvalue weighted by Crippen LogP contribution is 2.43. The first-order valence-electron chi connectivity index (χ1n) is 27.2. The Labute approximate surface area is 452 Å². The van der Waals surface area contributed by atoms with E-state index in [9.17, 15) is 34.7 Å². The number of esters is 1. The van der Waals surface area contributed by atoms with Crippen LogP contribution >= 0.6 is 0 Å². The second kappa shape index (κ2) is 25.0. The summed E-state index contributed by atoms with van der Waals surface area (Å²) in [6.45, 7) is 17.5. The minimum Gasteiger partial charge on any atom is -0.459 e. The number of alkyl halides is 1. The molecule has 2 aromatic heterocycles. The Morgan fingerprint density at radius 3 is 2.23 bits per heavy atom. The molecule has 434 valence electrons. The number of hydrogen-bond donors (Lipinski definition) is 5. The van der Waals surface area contributed by atoms with Crippen LogP contribution in [0, 0.1) is 17.8 Å². The van der Waals surface area contributed by atoms with E-state index in [0.29, 0.717) is 42.9 Å². The van der Waals surface area contributed by atoms with Crippen LogP contribution in [-0.2, 0) is 49.1 Å². The highest BCUT2D eigenvalue weighted by Gasteiger charge is 2.54. The van der Waals surface area contributed by atoms with Gasteiger partial charge in [0.05, 0.1) is 59.1 Å². The predicted molar refractivity (Wildman–Crippen MR) is 277 cm³/mol. The van der Waals surface area contributed by atoms with E-state index in [2.05, 4.69) is 20.6 Å². The number of hydrogen-bond acceptors (Lipinski definition) is 20. The monoisotopic (exact) mass is 1090 g/mol. The van der Waals surface area contributed by atoms with Crippen LogP contribution in [0.3, 0.4) is 0 Å². The third kappa shape index (κ3) is 13.1. The molecule has 5 N–H and O–H groups in total. The van der Waals surface area contributed by atoms with Crippen molar-refractivity contribution in [3.63, 3.8) is 0 Å². The summed E-state index contributed by atoms with van der Waals surface area (Å²) in [6, 6.07) is 5.12. The number of likely N-dealkylation sites (N-methyl/N-ethyl adjacent to an activating group) is 2. The first kappa shape index (κ1) is 61.0. The minimum atomic E-state index is -1.90. The van der Waals surface area contributed by atoms with Crippen molar-refractivity contribution in [1.82, 2.24) is 39.8 Å². The molecule has 0 saturated carbocycles. The molecule has 8 bridgehead atoms. The Morgan fingerprint density at radius 1 is 0.883 bits per heavy atom. The molecule has 0 radical (unpaired) electrons. The highest BCUT2D eigenvalue weighted by atomic mass is 19.1. The average molecular weight is 1090 g/mol. The maximum atomic E-state index is 15.0. The molecule has 5 aliphatic rings. The quantitative estimate of drug-likeness (QED) is 0.221. The molecule has 3 saturated heterocycles. The Bertz CT molecular complexity index is 2370. The van der Waals surface area contributed by atoms with Crippen molar-refractivity contribution in [2.75, 3.05) is 48.1 Å². The molecule has 1 aromatic carbocycles. The number of carbonyl (C=O) groups is 1. The first-order valence-corrected chi connectivity index (χ1v) is 27.2. The summed E-state index contributed by atoms with van der Waals surface area (Å²) in [7, 11) is 6.71. The van der Waals surface area contributed by atoms with Crippen molar-refractivity contribution < 1.29 is 72.6 Å². The summed E-state index contributed by atoms with van der Waals surface area (Å²) in [5, 5.41) is 77.7. The van der Waals surface area contributed by atoms with Crippen molar-refractivity contribution in [2.45, 2.75) is 210 Å². The topological polar surface area (TPSA) is 260 Å². The van der Waals surface area contributed by atoms with Gasteiger partial charge >= 0.3 is 5.97 Å². The number of cyclic esters (lactones) is 1. The van der Waals surface area contributed by atoms with E-state index in [1.54, 1.807) is 72.0 Å². The smallest absolute Gasteiger partial charge is 0.311 e. The number of rotatable bonds is 6. The summed E-state index contributed by atoms with van der Waals surface area (Å²) < 4.78 is 70.0. The van der Waals surface area contributed by atoms with E-state index in [1.165, 1.54) is 36.7 Å². The Kier molecular flexibility index (Phi) is 19.8. The summed E-state index contributed by atoms with van der Waals surface area (Å²) in [6.07, 6.45) is -8.91. The average Bonchev–Trinajstić information content (AvgIpc) is 4.11. The second-order valence-electron chi connectivity index (χ2n) is 23.1. The molecule has 0 spiro atoms. The lowest BCUT2D eigenvalue weighted by molar-refractivity contribution is -0.331. The van der Waals surface area contributed by atoms with E-state index in [4.69, 9.17) is 37.9 Å². The van der Waals surface area contributed by atoms with Gasteiger partial charge in [-0.25, -0.2) is 13.8 Å². The second-order valence-corrected chi connectivity index (χ2v) is 23.1. The predicted octanol–water partition coefficient (Wildman–Crippen LogP) is 3.61. The maximum Gasteiger partial charge on any atom is 0.311 e. The molecule has 0 amide bonds. The van der Waals surface area contributed by atoms with Crippen molar-refractivity contribution in [1.29, 1.82) is 0 Å². The Hall–Kier alpha value is -3.66. The third-order valence-electron chi connectivity index (χ3n) is 17.1. The lowest BCUT2D eigenvalue weighted by Crippen LogP contribution is -2.61. The SMILES string of the molecule is CC[C@H]1OC(=O)[C@H](C)[C@@H](O[C@H]2C[C@@](C)(OC)[C@@H](O)[C@H](C)O2)[C@H](C)[C@H]2O[C@@H]3O[C@H](C)C[C@@H]([C@H]3O)N(C)CCc3cn(nn3)[C@H](CF)[C@H](OC)c3ccc(cc3)-n3cc(nn3)C(O)O[C@]2(C)C[C@@H](C)CN(C)[C@H](C)[C@@H](O)[C@]1(C)O. The zero-order valence-corrected chi connectivity index (χ0v) is 47.4. The number of fused-ring (bicyclic) bond motifs is 6. The molecule has 7 heterocycles. The van der Waals surface area contributed by atoms with Gasteiger partial charge in [-0.05, 0) is 105 Å². The number of carbonyl (C=O) groups excluding carboxylic acids is 1. The maximum absolute atomic E-state index is 15.0. The van der Waals surface area contributed by atoms with Crippen LogP contribution in [0.4, 0.5) is 4.39 Å². The molecule has 22 nitrogen and oxygen atoms in total. The summed E-state index contributed by atoms with van der Waals surface area (Å²) in [5.41, 5.74) is -2.73. The van der Waals surface area contributed by atoms with E-state index < -0.39 is 133 Å². The van der Waals surface area contributed by atoms with Gasteiger partial charge < -0.3 is 73.2 Å². The standard InChI is InChI=1S/C54H87FN8O14/c1-15-41-54(10,69)46(65)33(6)61(12)26-29(2)23-53(9)48(31(4)44(32(5)49(67)74-41)75-42-24-52(8,71-14)47(66)34(7)73-42)76-51-43(64)39(22-30(3)72-51)60(11)21-20-36-27-63(58-56-36)40(25-55)45(70-13)35-16-18-37(19-17-35)62-28-38(57-59-62)50(68)77-53/h16-19,27-34,39-48,50-51,64-66,68-69H,15,20-26H2,1-14H3/t29-,30-,31+,32-,33-,34+,39+,40-,41-,42+,43-,44+,45-,46-,47+,48-,50?,51+,52-,53-,54-/m1/s1. The number of halogens is 1. The zero-order valence-electron chi connectivity index (χ0n) is 47.4. The summed E-state index contributed by atoms with van der Waals surface area (Å²) in [5.74, 6) is -3.13. The fraction of sp³-hybridized carbons (Fsp3) is 0.796. The molecular weight excluding hydrogens is 1000 g/mol. The van der Waals surface area contributed by atoms with Gasteiger partial charge in [-0.3, -0.25) is 4.79 Å². The molecule has 0 aliphatic carbocycles. The zero-order chi connectivity index (χ0) is 56.5. The van der Waals surface area contributed by atoms with Crippen LogP contribution < -0.4 is 0 Å². The number of methoxy groups -OCH3 is 2. The molecule has 1 unspecified atom stereocenters. The molecule has 8 rings (SSSR count). The number of nitrogens with zero attached hydrogens (tertiary/aromatic N) is 8. The third-order valence-corrected chi connectivity index (χ3v) is 17.1. The minimum absolute atomic E-state index is 0.0376. The van der Waals surface area contributed by atoms with Crippen molar-refractivity contribution >= 4 is 5.97 Å². The number of benzene rings is 1. The van der Waals surface area contributed by atoms with Crippen molar-refractivity contribution in [3.8, 4) is 5.69 Å². The van der Waals surface area contributed by atoms with Gasteiger partial charge in [-0.1, -0.05) is 43.3 Å². The normalized spacial score (nSPS) is 41.9. The first-order chi connectivity index (χ1) is 36.3. The van der Waals surface area contributed by atoms with Gasteiger partial charge in [0.15, 0.2) is 12.6 Å². The van der Waals surface area contributed by atoms with Crippen LogP contribution in [0.1, 0.15) is 130 Å². The van der Waals surface area contributed by atoms with E-state index in [0.717, 1.165) is 0 Å². The largest absolute Gasteiger partial charge is 0.459 e. The van der Waals surface area contributed by atoms with Crippen molar-refractivity contribution in [2.24, 2.45) is 17.8 Å². The van der Waals surface area contributed by atoms with Crippen molar-refractivity contribution in [3.05, 3.63) is 53.6 Å². The molecule has 21 atom stereocenters. The fourth-order valence-corrected chi connectivity index (χ4v) is 12.3. The van der Waals surface area contributed by atoms with Gasteiger partial charge in [0, 0.05) is 64.3 Å². The number of aliphatic hydroxyl groups is 5. The molecule has 77 heavy (non-hydrogen) atoms. The number of aromatic nitrogens is 6. The summed E-state index contributed by atoms with van der Waals surface area (Å²) >= 11 is 0. The van der Waals surface area contributed by atoms with E-state index in [1.807, 2.05) is 44.7 Å². The van der Waals surface area contributed by atoms with Crippen LogP contribution in [0.5, 0.6) is 0 Å². The van der Waals surface area contributed by atoms with Gasteiger partial charge in [0.25, 0.3) is 0 Å². The van der Waals surface area contributed by atoms with Crippen LogP contribution in [0.2, 0.25) is 0 Å². The Balaban J connectivity index is 1.39. The lowest BCUT2D eigenvalue weighted by Gasteiger charge is -2.50. The molecule has 5 aliphatic heterocycles. The van der Waals surface area contributed by atoms with E-state index in [-0.39, 0.29) is 30.9 Å². The lowest BCUT2D eigenvalue weighted by atomic mass is 9.77. The molecule has 23 heteroatoms. The number of aliphatic hydroxyl groups excluding tert-OH is 4. The van der Waals surface area contributed by atoms with Gasteiger partial charge in [-0.2, -0.15) is 0 Å². The molecule has 3 fully saturated rings. The van der Waals surface area contributed by atoms with Gasteiger partial charge in [0.2, 0.25) is 6.29 Å². The number of ether oxygens (including phenoxy) is 8. The van der Waals surface area contributed by atoms with E-state index >= 15 is 0 Å². The molecule has 3 aromatic rings. The highest BCUT2D eigenvalue weighted by molar-refractivity contribution is 5.73.